The van der Waals surface area contributed by atoms with E-state index in [2.05, 4.69) is 78.6 Å². The maximum atomic E-state index is 10.7. The summed E-state index contributed by atoms with van der Waals surface area (Å²) in [7, 11) is 0. The summed E-state index contributed by atoms with van der Waals surface area (Å²) in [4.78, 5) is 11.4. The molecular weight excluding hydrogens is 424 g/mol. The van der Waals surface area contributed by atoms with E-state index in [0.29, 0.717) is 19.1 Å². The molecule has 1 fully saturated rings. The molecule has 4 heterocycles. The standard InChI is InChI=1S/C27H30N6O/c34-24(17-32-10-8-19-3-1-2-4-22(19)16-32)15-30-27-12-21(7-9-29-27)20-5-6-25-26(11-20)33(18-31-25)23-13-28-14-23/h1-7,9,11-12,18,23-24,28,34H,8,10,13-17H2,(H,29,30). The SMILES string of the molecule is OC(CNc1cc(-c2ccc3ncn(C4CNC4)c3c2)ccn1)CN1CCc2ccccc2C1. The number of β-amino-alcohol motifs (C(OH)–C–C–N with tert-alkyl or cyclic N) is 1. The number of nitrogens with one attached hydrogen (secondary N) is 2. The normalized spacial score (nSPS) is 17.3. The summed E-state index contributed by atoms with van der Waals surface area (Å²) >= 11 is 0. The van der Waals surface area contributed by atoms with Gasteiger partial charge in [-0.05, 0) is 52.9 Å². The van der Waals surface area contributed by atoms with Gasteiger partial charge in [0.05, 0.1) is 29.5 Å². The van der Waals surface area contributed by atoms with Gasteiger partial charge in [0.25, 0.3) is 0 Å². The van der Waals surface area contributed by atoms with Crippen molar-refractivity contribution in [3.8, 4) is 11.1 Å². The average molecular weight is 455 g/mol. The molecule has 1 unspecified atom stereocenters. The molecule has 0 radical (unpaired) electrons. The second kappa shape index (κ2) is 9.18. The van der Waals surface area contributed by atoms with Gasteiger partial charge in [0.2, 0.25) is 0 Å². The Bertz CT molecular complexity index is 1300. The molecule has 7 heteroatoms. The molecule has 0 amide bonds. The van der Waals surface area contributed by atoms with Crippen LogP contribution in [0.4, 0.5) is 5.82 Å². The molecule has 4 aromatic rings. The fourth-order valence-electron chi connectivity index (χ4n) is 4.97. The van der Waals surface area contributed by atoms with Crippen molar-refractivity contribution in [2.24, 2.45) is 0 Å². The van der Waals surface area contributed by atoms with E-state index >= 15 is 0 Å². The second-order valence-corrected chi connectivity index (χ2v) is 9.39. The molecule has 34 heavy (non-hydrogen) atoms. The number of nitrogens with zero attached hydrogens (tertiary/aromatic N) is 4. The van der Waals surface area contributed by atoms with Gasteiger partial charge in [-0.3, -0.25) is 4.90 Å². The first-order valence-corrected chi connectivity index (χ1v) is 12.1. The van der Waals surface area contributed by atoms with Crippen LogP contribution < -0.4 is 10.6 Å². The number of hydrogen-bond acceptors (Lipinski definition) is 6. The molecule has 0 spiro atoms. The molecule has 1 saturated heterocycles. The van der Waals surface area contributed by atoms with Crippen LogP contribution in [0.2, 0.25) is 0 Å². The number of rotatable bonds is 7. The van der Waals surface area contributed by atoms with E-state index in [0.717, 1.165) is 60.6 Å². The molecule has 2 aromatic carbocycles. The van der Waals surface area contributed by atoms with Crippen molar-refractivity contribution in [3.05, 3.63) is 78.2 Å². The Labute approximate surface area is 199 Å². The lowest BCUT2D eigenvalue weighted by atomic mass is 10.00. The lowest BCUT2D eigenvalue weighted by molar-refractivity contribution is 0.114. The third-order valence-corrected chi connectivity index (χ3v) is 7.02. The van der Waals surface area contributed by atoms with Crippen LogP contribution >= 0.6 is 0 Å². The Morgan fingerprint density at radius 2 is 1.88 bits per heavy atom. The largest absolute Gasteiger partial charge is 0.390 e. The molecule has 2 aliphatic heterocycles. The molecule has 1 atom stereocenters. The number of aliphatic hydroxyl groups excluding tert-OH is 1. The topological polar surface area (TPSA) is 78.2 Å². The van der Waals surface area contributed by atoms with Crippen molar-refractivity contribution in [1.29, 1.82) is 0 Å². The zero-order valence-electron chi connectivity index (χ0n) is 19.2. The first kappa shape index (κ1) is 21.3. The minimum absolute atomic E-state index is 0.461. The van der Waals surface area contributed by atoms with Gasteiger partial charge >= 0.3 is 0 Å². The summed E-state index contributed by atoms with van der Waals surface area (Å²) in [6.07, 6.45) is 4.35. The molecule has 2 aromatic heterocycles. The van der Waals surface area contributed by atoms with Gasteiger partial charge in [-0.1, -0.05) is 30.3 Å². The number of aliphatic hydroxyl groups is 1. The van der Waals surface area contributed by atoms with E-state index in [1.165, 1.54) is 11.1 Å². The molecule has 0 aliphatic carbocycles. The highest BCUT2D eigenvalue weighted by Gasteiger charge is 2.21. The fourth-order valence-corrected chi connectivity index (χ4v) is 4.97. The van der Waals surface area contributed by atoms with Crippen molar-refractivity contribution in [2.75, 3.05) is 38.0 Å². The van der Waals surface area contributed by atoms with Gasteiger partial charge in [-0.2, -0.15) is 0 Å². The summed E-state index contributed by atoms with van der Waals surface area (Å²) in [5.74, 6) is 0.775. The number of fused-ring (bicyclic) bond motifs is 2. The van der Waals surface area contributed by atoms with Crippen LogP contribution in [0.25, 0.3) is 22.2 Å². The van der Waals surface area contributed by atoms with Crippen LogP contribution in [0.3, 0.4) is 0 Å². The minimum atomic E-state index is -0.461. The van der Waals surface area contributed by atoms with E-state index in [1.807, 2.05) is 18.6 Å². The lowest BCUT2D eigenvalue weighted by Gasteiger charge is -2.30. The van der Waals surface area contributed by atoms with Gasteiger partial charge in [0, 0.05) is 45.5 Å². The van der Waals surface area contributed by atoms with Gasteiger partial charge in [0.1, 0.15) is 5.82 Å². The van der Waals surface area contributed by atoms with E-state index < -0.39 is 6.10 Å². The van der Waals surface area contributed by atoms with E-state index in [1.54, 1.807) is 0 Å². The highest BCUT2D eigenvalue weighted by molar-refractivity contribution is 5.82. The van der Waals surface area contributed by atoms with Crippen LogP contribution in [0, 0.1) is 0 Å². The van der Waals surface area contributed by atoms with E-state index in [9.17, 15) is 5.11 Å². The van der Waals surface area contributed by atoms with Crippen molar-refractivity contribution in [3.63, 3.8) is 0 Å². The lowest BCUT2D eigenvalue weighted by Crippen LogP contribution is -2.43. The second-order valence-electron chi connectivity index (χ2n) is 9.39. The molecule has 174 valence electrons. The van der Waals surface area contributed by atoms with E-state index in [4.69, 9.17) is 0 Å². The summed E-state index contributed by atoms with van der Waals surface area (Å²) in [6.45, 7) is 4.98. The third-order valence-electron chi connectivity index (χ3n) is 7.02. The number of hydrogen-bond donors (Lipinski definition) is 3. The maximum Gasteiger partial charge on any atom is 0.126 e. The number of pyridine rings is 1. The van der Waals surface area contributed by atoms with Gasteiger partial charge < -0.3 is 20.3 Å². The first-order valence-electron chi connectivity index (χ1n) is 12.1. The van der Waals surface area contributed by atoms with Gasteiger partial charge in [-0.15, -0.1) is 0 Å². The Kier molecular flexibility index (Phi) is 5.74. The Morgan fingerprint density at radius 3 is 2.74 bits per heavy atom. The predicted molar refractivity (Wildman–Crippen MR) is 135 cm³/mol. The molecule has 0 bridgehead atoms. The zero-order chi connectivity index (χ0) is 22.9. The van der Waals surface area contributed by atoms with E-state index in [-0.39, 0.29) is 0 Å². The summed E-state index contributed by atoms with van der Waals surface area (Å²) in [5, 5.41) is 17.3. The molecular formula is C27H30N6O. The Morgan fingerprint density at radius 1 is 1.03 bits per heavy atom. The predicted octanol–water partition coefficient (Wildman–Crippen LogP) is 3.07. The van der Waals surface area contributed by atoms with Crippen molar-refractivity contribution >= 4 is 16.9 Å². The highest BCUT2D eigenvalue weighted by Crippen LogP contribution is 2.27. The summed E-state index contributed by atoms with van der Waals surface area (Å²) in [6, 6.07) is 19.6. The highest BCUT2D eigenvalue weighted by atomic mass is 16.3. The smallest absolute Gasteiger partial charge is 0.126 e. The van der Waals surface area contributed by atoms with Gasteiger partial charge in [0.15, 0.2) is 0 Å². The molecule has 2 aliphatic rings. The quantitative estimate of drug-likeness (QED) is 0.398. The van der Waals surface area contributed by atoms with Crippen LogP contribution in [0.5, 0.6) is 0 Å². The first-order chi connectivity index (χ1) is 16.7. The third kappa shape index (κ3) is 4.30. The Hall–Kier alpha value is -3.26. The summed E-state index contributed by atoms with van der Waals surface area (Å²) in [5.41, 5.74) is 7.22. The fraction of sp³-hybridized carbons (Fsp3) is 0.333. The van der Waals surface area contributed by atoms with Crippen LogP contribution in [0.15, 0.2) is 67.1 Å². The zero-order valence-corrected chi connectivity index (χ0v) is 19.2. The molecule has 7 nitrogen and oxygen atoms in total. The maximum absolute atomic E-state index is 10.7. The number of benzene rings is 2. The van der Waals surface area contributed by atoms with Crippen LogP contribution in [-0.2, 0) is 13.0 Å². The molecule has 3 N–H and O–H groups in total. The van der Waals surface area contributed by atoms with Crippen molar-refractivity contribution in [1.82, 2.24) is 24.8 Å². The average Bonchev–Trinajstić information content (AvgIpc) is 3.24. The van der Waals surface area contributed by atoms with Crippen LogP contribution in [0.1, 0.15) is 17.2 Å². The number of imidazole rings is 1. The Balaban J connectivity index is 1.10. The summed E-state index contributed by atoms with van der Waals surface area (Å²) < 4.78 is 2.27. The van der Waals surface area contributed by atoms with Gasteiger partial charge in [-0.25, -0.2) is 9.97 Å². The van der Waals surface area contributed by atoms with Crippen molar-refractivity contribution < 1.29 is 5.11 Å². The van der Waals surface area contributed by atoms with Crippen LogP contribution in [-0.4, -0.2) is 63.4 Å². The molecule has 0 saturated carbocycles. The van der Waals surface area contributed by atoms with Crippen molar-refractivity contribution in [2.45, 2.75) is 25.1 Å². The number of anilines is 1. The minimum Gasteiger partial charge on any atom is -0.390 e. The monoisotopic (exact) mass is 454 g/mol. The molecule has 6 rings (SSSR count). The number of aromatic nitrogens is 3.